The minimum atomic E-state index is -0.967. The molecule has 0 unspecified atom stereocenters. The number of carboxylic acid groups (broad SMARTS) is 1. The molecule has 2 rings (SSSR count). The van der Waals surface area contributed by atoms with Crippen molar-refractivity contribution in [2.24, 2.45) is 0 Å². The van der Waals surface area contributed by atoms with Gasteiger partial charge in [-0.25, -0.2) is 4.79 Å². The molecule has 1 aromatic rings. The zero-order chi connectivity index (χ0) is 10.3. The second-order valence-electron chi connectivity index (χ2n) is 3.23. The number of carbonyl (C=O) groups excluding carboxylic acids is 1. The van der Waals surface area contributed by atoms with Crippen molar-refractivity contribution in [3.05, 3.63) is 16.5 Å². The Morgan fingerprint density at radius 2 is 2.36 bits per heavy atom. The van der Waals surface area contributed by atoms with E-state index in [0.29, 0.717) is 18.5 Å². The van der Waals surface area contributed by atoms with Crippen LogP contribution in [0.2, 0.25) is 0 Å². The number of thiophene rings is 1. The average Bonchev–Trinajstić information content (AvgIpc) is 2.57. The van der Waals surface area contributed by atoms with Crippen LogP contribution in [-0.4, -0.2) is 30.5 Å². The van der Waals surface area contributed by atoms with Crippen molar-refractivity contribution >= 4 is 28.1 Å². The predicted octanol–water partition coefficient (Wildman–Crippen LogP) is 1.47. The smallest absolute Gasteiger partial charge is 0.345 e. The van der Waals surface area contributed by atoms with Gasteiger partial charge in [-0.05, 0) is 6.07 Å². The molecule has 14 heavy (non-hydrogen) atoms. The van der Waals surface area contributed by atoms with E-state index in [9.17, 15) is 9.59 Å². The monoisotopic (exact) mass is 211 g/mol. The van der Waals surface area contributed by atoms with Gasteiger partial charge in [-0.3, -0.25) is 4.79 Å². The summed E-state index contributed by atoms with van der Waals surface area (Å²) in [6.07, 6.45) is 0.472. The van der Waals surface area contributed by atoms with Crippen molar-refractivity contribution in [1.82, 2.24) is 0 Å². The van der Waals surface area contributed by atoms with Crippen LogP contribution >= 0.6 is 11.3 Å². The van der Waals surface area contributed by atoms with Crippen molar-refractivity contribution in [1.29, 1.82) is 0 Å². The highest BCUT2D eigenvalue weighted by Gasteiger charge is 2.25. The Bertz CT molecular complexity index is 410. The second-order valence-corrected chi connectivity index (χ2v) is 4.26. The molecule has 1 aromatic heterocycles. The molecule has 0 amide bonds. The number of carboxylic acids is 1. The first kappa shape index (κ1) is 9.21. The Hall–Kier alpha value is -1.36. The van der Waals surface area contributed by atoms with Crippen molar-refractivity contribution < 1.29 is 14.7 Å². The van der Waals surface area contributed by atoms with Crippen LogP contribution < -0.4 is 4.90 Å². The molecular weight excluding hydrogens is 202 g/mol. The summed E-state index contributed by atoms with van der Waals surface area (Å²) in [5.41, 5.74) is 0.557. The molecule has 0 fully saturated rings. The Balaban J connectivity index is 2.52. The first-order chi connectivity index (χ1) is 6.59. The maximum atomic E-state index is 11.5. The molecule has 0 aromatic carbocycles. The SMILES string of the molecule is CN1CCC(=O)c2cc(C(=O)O)sc21. The van der Waals surface area contributed by atoms with Crippen LogP contribution in [0.1, 0.15) is 26.5 Å². The number of hydrogen-bond acceptors (Lipinski definition) is 4. The summed E-state index contributed by atoms with van der Waals surface area (Å²) < 4.78 is 0. The topological polar surface area (TPSA) is 57.6 Å². The van der Waals surface area contributed by atoms with Gasteiger partial charge in [0.2, 0.25) is 0 Å². The third-order valence-corrected chi connectivity index (χ3v) is 3.48. The van der Waals surface area contributed by atoms with Gasteiger partial charge in [0.15, 0.2) is 5.78 Å². The van der Waals surface area contributed by atoms with Gasteiger partial charge in [0.05, 0.1) is 5.56 Å². The van der Waals surface area contributed by atoms with E-state index >= 15 is 0 Å². The highest BCUT2D eigenvalue weighted by Crippen LogP contribution is 2.34. The standard InChI is InChI=1S/C9H9NO3S/c1-10-3-2-6(11)5-4-7(9(12)13)14-8(5)10/h4H,2-3H2,1H3,(H,12,13). The lowest BCUT2D eigenvalue weighted by atomic mass is 10.1. The van der Waals surface area contributed by atoms with E-state index in [1.54, 1.807) is 0 Å². The number of rotatable bonds is 1. The number of aromatic carboxylic acids is 1. The predicted molar refractivity (Wildman–Crippen MR) is 53.5 cm³/mol. The maximum absolute atomic E-state index is 11.5. The first-order valence-electron chi connectivity index (χ1n) is 4.21. The summed E-state index contributed by atoms with van der Waals surface area (Å²) in [4.78, 5) is 24.3. The maximum Gasteiger partial charge on any atom is 0.345 e. The van der Waals surface area contributed by atoms with Gasteiger partial charge in [-0.15, -0.1) is 11.3 Å². The zero-order valence-electron chi connectivity index (χ0n) is 7.61. The van der Waals surface area contributed by atoms with Crippen LogP contribution in [0.25, 0.3) is 0 Å². The van der Waals surface area contributed by atoms with E-state index in [-0.39, 0.29) is 10.7 Å². The fourth-order valence-corrected chi connectivity index (χ4v) is 2.48. The van der Waals surface area contributed by atoms with Gasteiger partial charge in [-0.2, -0.15) is 0 Å². The average molecular weight is 211 g/mol. The van der Waals surface area contributed by atoms with E-state index in [0.717, 1.165) is 16.3 Å². The molecule has 0 radical (unpaired) electrons. The summed E-state index contributed by atoms with van der Waals surface area (Å²) in [5.74, 6) is -0.924. The summed E-state index contributed by atoms with van der Waals surface area (Å²) in [6.45, 7) is 0.672. The number of Topliss-reactive ketones (excluding diaryl/α,β-unsaturated/α-hetero) is 1. The highest BCUT2D eigenvalue weighted by molar-refractivity contribution is 7.18. The van der Waals surface area contributed by atoms with Crippen LogP contribution in [-0.2, 0) is 0 Å². The van der Waals surface area contributed by atoms with E-state index in [2.05, 4.69) is 0 Å². The van der Waals surface area contributed by atoms with E-state index < -0.39 is 5.97 Å². The summed E-state index contributed by atoms with van der Waals surface area (Å²) >= 11 is 1.16. The molecular formula is C9H9NO3S. The van der Waals surface area contributed by atoms with Gasteiger partial charge in [-0.1, -0.05) is 0 Å². The van der Waals surface area contributed by atoms with E-state index in [4.69, 9.17) is 5.11 Å². The molecule has 74 valence electrons. The molecule has 1 N–H and O–H groups in total. The Kier molecular flexibility index (Phi) is 2.03. The van der Waals surface area contributed by atoms with E-state index in [1.165, 1.54) is 6.07 Å². The van der Waals surface area contributed by atoms with Crippen molar-refractivity contribution in [3.8, 4) is 0 Å². The minimum absolute atomic E-state index is 0.0434. The van der Waals surface area contributed by atoms with Gasteiger partial charge < -0.3 is 10.0 Å². The van der Waals surface area contributed by atoms with Gasteiger partial charge in [0.1, 0.15) is 9.88 Å². The fraction of sp³-hybridized carbons (Fsp3) is 0.333. The Morgan fingerprint density at radius 3 is 2.93 bits per heavy atom. The number of anilines is 1. The highest BCUT2D eigenvalue weighted by atomic mass is 32.1. The molecule has 0 spiro atoms. The molecule has 0 atom stereocenters. The zero-order valence-corrected chi connectivity index (χ0v) is 8.43. The summed E-state index contributed by atoms with van der Waals surface area (Å²) in [7, 11) is 1.87. The number of carbonyl (C=O) groups is 2. The largest absolute Gasteiger partial charge is 0.477 e. The third-order valence-electron chi connectivity index (χ3n) is 2.24. The Labute approximate surface area is 84.8 Å². The van der Waals surface area contributed by atoms with E-state index in [1.807, 2.05) is 11.9 Å². The number of hydrogen-bond donors (Lipinski definition) is 1. The quantitative estimate of drug-likeness (QED) is 0.764. The lowest BCUT2D eigenvalue weighted by molar-refractivity contribution is 0.0702. The molecule has 0 bridgehead atoms. The van der Waals surface area contributed by atoms with Crippen LogP contribution in [0.3, 0.4) is 0 Å². The summed E-state index contributed by atoms with van der Waals surface area (Å²) in [5, 5.41) is 9.56. The number of ketones is 1. The van der Waals surface area contributed by atoms with Gasteiger partial charge >= 0.3 is 5.97 Å². The van der Waals surface area contributed by atoms with Crippen LogP contribution in [0.4, 0.5) is 5.00 Å². The van der Waals surface area contributed by atoms with Crippen LogP contribution in [0, 0.1) is 0 Å². The normalized spacial score (nSPS) is 15.5. The molecule has 0 saturated carbocycles. The summed E-state index contributed by atoms with van der Waals surface area (Å²) in [6, 6.07) is 1.47. The van der Waals surface area contributed by atoms with Crippen molar-refractivity contribution in [2.75, 3.05) is 18.5 Å². The number of nitrogens with zero attached hydrogens (tertiary/aromatic N) is 1. The molecule has 1 aliphatic rings. The third kappa shape index (κ3) is 1.29. The molecule has 1 aliphatic heterocycles. The van der Waals surface area contributed by atoms with Crippen molar-refractivity contribution in [3.63, 3.8) is 0 Å². The van der Waals surface area contributed by atoms with Crippen LogP contribution in [0.5, 0.6) is 0 Å². The minimum Gasteiger partial charge on any atom is -0.477 e. The van der Waals surface area contributed by atoms with Gasteiger partial charge in [0, 0.05) is 20.0 Å². The molecule has 0 saturated heterocycles. The molecule has 0 aliphatic carbocycles. The molecule has 5 heteroatoms. The molecule has 2 heterocycles. The number of fused-ring (bicyclic) bond motifs is 1. The van der Waals surface area contributed by atoms with Crippen LogP contribution in [0.15, 0.2) is 6.07 Å². The van der Waals surface area contributed by atoms with Gasteiger partial charge in [0.25, 0.3) is 0 Å². The first-order valence-corrected chi connectivity index (χ1v) is 5.02. The lowest BCUT2D eigenvalue weighted by Crippen LogP contribution is -2.26. The lowest BCUT2D eigenvalue weighted by Gasteiger charge is -2.22. The van der Waals surface area contributed by atoms with Crippen molar-refractivity contribution in [2.45, 2.75) is 6.42 Å². The second kappa shape index (κ2) is 3.09. The fourth-order valence-electron chi connectivity index (χ4n) is 1.48. The molecule has 4 nitrogen and oxygen atoms in total. The Morgan fingerprint density at radius 1 is 1.64 bits per heavy atom.